The van der Waals surface area contributed by atoms with Gasteiger partial charge in [0.1, 0.15) is 0 Å². The average molecular weight is 726 g/mol. The monoisotopic (exact) mass is 726 g/mol. The fourth-order valence-corrected chi connectivity index (χ4v) is 6.57. The number of carbonyl (C=O) groups excluding carboxylic acids is 4. The number of nitro groups is 1. The van der Waals surface area contributed by atoms with Crippen molar-refractivity contribution in [1.29, 1.82) is 0 Å². The third kappa shape index (κ3) is 13.5. The van der Waals surface area contributed by atoms with E-state index in [-0.39, 0.29) is 50.6 Å². The van der Waals surface area contributed by atoms with Crippen LogP contribution in [0.3, 0.4) is 0 Å². The number of esters is 1. The van der Waals surface area contributed by atoms with Crippen LogP contribution in [-0.4, -0.2) is 68.5 Å². The number of benzene rings is 3. The molecule has 0 saturated carbocycles. The van der Waals surface area contributed by atoms with Crippen molar-refractivity contribution in [3.8, 4) is 0 Å². The quantitative estimate of drug-likeness (QED) is 0.0668. The van der Waals surface area contributed by atoms with E-state index in [1.807, 2.05) is 60.7 Å². The summed E-state index contributed by atoms with van der Waals surface area (Å²) in [6.07, 6.45) is 1.26. The Morgan fingerprint density at radius 1 is 0.896 bits per heavy atom. The molecule has 12 nitrogen and oxygen atoms in total. The van der Waals surface area contributed by atoms with E-state index in [0.29, 0.717) is 25.8 Å². The number of hydrogen-bond donors (Lipinski definition) is 2. The van der Waals surface area contributed by atoms with Gasteiger partial charge in [0, 0.05) is 0 Å². The van der Waals surface area contributed by atoms with Crippen molar-refractivity contribution in [3.63, 3.8) is 0 Å². The molecule has 0 fully saturated rings. The zero-order valence-corrected chi connectivity index (χ0v) is 29.1. The molecule has 0 bridgehead atoms. The molecule has 0 heterocycles. The van der Waals surface area contributed by atoms with Crippen molar-refractivity contribution in [2.75, 3.05) is 18.0 Å². The van der Waals surface area contributed by atoms with Gasteiger partial charge in [-0.2, -0.15) is 0 Å². The van der Waals surface area contributed by atoms with Gasteiger partial charge in [-0.3, -0.25) is 0 Å². The molecule has 0 radical (unpaired) electrons. The fourth-order valence-electron chi connectivity index (χ4n) is 4.47. The van der Waals surface area contributed by atoms with E-state index in [2.05, 4.69) is 10.6 Å². The van der Waals surface area contributed by atoms with Crippen molar-refractivity contribution in [2.24, 2.45) is 0 Å². The maximum atomic E-state index is 13.8. The number of rotatable bonds is 17. The average Bonchev–Trinajstić information content (AvgIpc) is 3.06. The molecule has 48 heavy (non-hydrogen) atoms. The smallest absolute Gasteiger partial charge is 0.0622 e. The second kappa shape index (κ2) is 19.2. The Bertz CT molecular complexity index is 1520. The zero-order chi connectivity index (χ0) is 34.9. The van der Waals surface area contributed by atoms with Gasteiger partial charge >= 0.3 is 252 Å². The molecule has 3 aromatic rings. The van der Waals surface area contributed by atoms with Crippen LogP contribution in [0.2, 0.25) is 5.32 Å². The predicted octanol–water partition coefficient (Wildman–Crippen LogP) is 4.69. The number of anilines is 1. The van der Waals surface area contributed by atoms with Gasteiger partial charge in [-0.25, -0.2) is 0 Å². The second-order valence-corrected chi connectivity index (χ2v) is 14.1. The van der Waals surface area contributed by atoms with E-state index in [1.165, 1.54) is 29.2 Å². The maximum absolute atomic E-state index is 13.8. The molecule has 3 amide bonds. The number of non-ortho nitro benzene ring substituents is 1. The van der Waals surface area contributed by atoms with Crippen LogP contribution in [0.5, 0.6) is 0 Å². The summed E-state index contributed by atoms with van der Waals surface area (Å²) >= 11 is -0.249. The molecule has 0 spiro atoms. The molecule has 13 heteroatoms. The Hall–Kier alpha value is -4.74. The summed E-state index contributed by atoms with van der Waals surface area (Å²) in [5, 5.41) is 17.2. The number of amides is 3. The minimum absolute atomic E-state index is 0.151. The van der Waals surface area contributed by atoms with Gasteiger partial charge in [0.25, 0.3) is 0 Å². The minimum atomic E-state index is -1.03. The molecule has 0 aliphatic carbocycles. The first-order chi connectivity index (χ1) is 22.9. The van der Waals surface area contributed by atoms with Gasteiger partial charge in [-0.1, -0.05) is 30.3 Å². The van der Waals surface area contributed by atoms with Crippen molar-refractivity contribution in [2.45, 2.75) is 70.0 Å². The first-order valence-corrected chi connectivity index (χ1v) is 17.7. The molecule has 0 aliphatic rings. The van der Waals surface area contributed by atoms with Gasteiger partial charge in [0.05, 0.1) is 0 Å². The van der Waals surface area contributed by atoms with Crippen LogP contribution in [0.15, 0.2) is 84.9 Å². The topological polar surface area (TPSA) is 157 Å². The summed E-state index contributed by atoms with van der Waals surface area (Å²) in [6.45, 7) is 5.07. The van der Waals surface area contributed by atoms with Crippen LogP contribution in [-0.2, 0) is 30.5 Å². The molecule has 0 aliphatic heterocycles. The minimum Gasteiger partial charge on any atom is -0.0622 e. The first-order valence-electron chi connectivity index (χ1n) is 15.6. The molecule has 0 saturated heterocycles. The standard InChI is InChI=1S/C35H42N4O8Se/c1-35(2,3)47-34(43)37-23-31(40)38(27-16-13-17-28(22-27)39(44)45)30(25-48-29-18-9-5-10-19-29)33(42)36-21-12-6-11-20-32(41)46-24-26-14-7-4-8-15-26/h4-5,7-10,13-19,22,30H,6,11-12,20-21,23-25H2,1-3H3,(H,36,42)(H,37,43)/t30-/m0/s1. The number of alkyl carbamates (subject to hydrolysis) is 1. The van der Waals surface area contributed by atoms with Gasteiger partial charge < -0.3 is 0 Å². The summed E-state index contributed by atoms with van der Waals surface area (Å²) in [6, 6.07) is 23.4. The third-order valence-corrected chi connectivity index (χ3v) is 9.02. The first kappa shape index (κ1) is 37.7. The third-order valence-electron chi connectivity index (χ3n) is 6.74. The Kier molecular flexibility index (Phi) is 15.1. The van der Waals surface area contributed by atoms with E-state index in [9.17, 15) is 29.3 Å². The Labute approximate surface area is 286 Å². The molecule has 3 rings (SSSR count). The number of carbonyl (C=O) groups is 4. The van der Waals surface area contributed by atoms with Gasteiger partial charge in [0.15, 0.2) is 0 Å². The van der Waals surface area contributed by atoms with Gasteiger partial charge in [-0.15, -0.1) is 0 Å². The van der Waals surface area contributed by atoms with Crippen LogP contribution >= 0.6 is 0 Å². The summed E-state index contributed by atoms with van der Waals surface area (Å²) in [4.78, 5) is 64.2. The zero-order valence-electron chi connectivity index (χ0n) is 27.4. The van der Waals surface area contributed by atoms with Gasteiger partial charge in [-0.05, 0) is 5.56 Å². The van der Waals surface area contributed by atoms with Crippen molar-refractivity contribution in [1.82, 2.24) is 10.6 Å². The number of ether oxygens (including phenoxy) is 2. The van der Waals surface area contributed by atoms with E-state index >= 15 is 0 Å². The molecule has 2 N–H and O–H groups in total. The summed E-state index contributed by atoms with van der Waals surface area (Å²) < 4.78 is 11.6. The Balaban J connectivity index is 1.70. The van der Waals surface area contributed by atoms with E-state index in [0.717, 1.165) is 10.0 Å². The normalized spacial score (nSPS) is 11.6. The molecular formula is C35H42N4O8Se. The van der Waals surface area contributed by atoms with Crippen molar-refractivity contribution >= 4 is 54.7 Å². The SMILES string of the molecule is CC(C)(C)OC(=O)NCC(=O)N(c1cccc([N+](=O)[O-])c1)[C@@H](C[Se]c1ccccc1)C(=O)NCCCCCC(=O)OCc1ccccc1. The molecule has 1 atom stereocenters. The molecule has 256 valence electrons. The number of unbranched alkanes of at least 4 members (excludes halogenated alkanes) is 2. The van der Waals surface area contributed by atoms with Crippen LogP contribution in [0.25, 0.3) is 0 Å². The van der Waals surface area contributed by atoms with Crippen LogP contribution < -0.4 is 20.0 Å². The van der Waals surface area contributed by atoms with Crippen LogP contribution in [0, 0.1) is 10.1 Å². The van der Waals surface area contributed by atoms with Crippen molar-refractivity contribution in [3.05, 3.63) is 101 Å². The van der Waals surface area contributed by atoms with Crippen LogP contribution in [0.4, 0.5) is 16.2 Å². The number of hydrogen-bond acceptors (Lipinski definition) is 8. The number of nitrogens with zero attached hydrogens (tertiary/aromatic N) is 2. The predicted molar refractivity (Wildman–Crippen MR) is 183 cm³/mol. The van der Waals surface area contributed by atoms with Crippen LogP contribution in [0.1, 0.15) is 52.0 Å². The van der Waals surface area contributed by atoms with E-state index < -0.39 is 41.0 Å². The summed E-state index contributed by atoms with van der Waals surface area (Å²) in [7, 11) is 0. The van der Waals surface area contributed by atoms with Crippen molar-refractivity contribution < 1.29 is 33.6 Å². The van der Waals surface area contributed by atoms with Gasteiger partial charge in [0.2, 0.25) is 0 Å². The second-order valence-electron chi connectivity index (χ2n) is 11.8. The summed E-state index contributed by atoms with van der Waals surface area (Å²) in [5.41, 5.74) is 0.0179. The summed E-state index contributed by atoms with van der Waals surface area (Å²) in [5.74, 6) is -1.37. The molecule has 3 aromatic carbocycles. The Morgan fingerprint density at radius 3 is 2.25 bits per heavy atom. The number of nitrogens with one attached hydrogen (secondary N) is 2. The fraction of sp³-hybridized carbons (Fsp3) is 0.371. The number of nitro benzene ring substituents is 1. The molecule has 0 unspecified atom stereocenters. The molecule has 0 aromatic heterocycles. The Morgan fingerprint density at radius 2 is 1.58 bits per heavy atom. The van der Waals surface area contributed by atoms with E-state index in [4.69, 9.17) is 9.47 Å². The van der Waals surface area contributed by atoms with E-state index in [1.54, 1.807) is 20.8 Å². The molecular weight excluding hydrogens is 683 g/mol.